The number of benzene rings is 3. The summed E-state index contributed by atoms with van der Waals surface area (Å²) in [6.45, 7) is 4.30. The summed E-state index contributed by atoms with van der Waals surface area (Å²) in [5, 5.41) is 12.5. The number of hydrogen-bond donors (Lipinski definition) is 2. The van der Waals surface area contributed by atoms with Gasteiger partial charge < -0.3 is 15.7 Å². The Morgan fingerprint density at radius 3 is 2.72 bits per heavy atom. The van der Waals surface area contributed by atoms with Crippen molar-refractivity contribution in [1.82, 2.24) is 14.5 Å². The van der Waals surface area contributed by atoms with Crippen molar-refractivity contribution in [2.45, 2.75) is 6.04 Å². The third-order valence-corrected chi connectivity index (χ3v) is 6.27. The molecule has 0 bridgehead atoms. The van der Waals surface area contributed by atoms with Crippen LogP contribution in [0.5, 0.6) is 5.75 Å². The molecule has 32 heavy (non-hydrogen) atoms. The smallest absolute Gasteiger partial charge is 0.261 e. The summed E-state index contributed by atoms with van der Waals surface area (Å²) in [6.07, 6.45) is 2.71. The van der Waals surface area contributed by atoms with Crippen LogP contribution in [0.3, 0.4) is 0 Å². The number of carbonyl (C=O) groups excluding carboxylic acids is 1. The third-order valence-electron chi connectivity index (χ3n) is 5.91. The third kappa shape index (κ3) is 3.01. The summed E-state index contributed by atoms with van der Waals surface area (Å²) in [6, 6.07) is 12.3. The number of hydrogen-bond acceptors (Lipinski definition) is 5. The molecule has 7 nitrogen and oxygen atoms in total. The number of fused-ring (bicyclic) bond motifs is 2. The normalized spacial score (nSPS) is 14.0. The van der Waals surface area contributed by atoms with E-state index in [1.54, 1.807) is 23.1 Å². The first-order valence-electron chi connectivity index (χ1n) is 10.0. The van der Waals surface area contributed by atoms with Gasteiger partial charge in [0.2, 0.25) is 5.91 Å². The van der Waals surface area contributed by atoms with Crippen molar-refractivity contribution in [1.29, 1.82) is 0 Å². The largest absolute Gasteiger partial charge is 0.508 e. The highest BCUT2D eigenvalue weighted by molar-refractivity contribution is 6.39. The lowest BCUT2D eigenvalue weighted by Gasteiger charge is -2.39. The van der Waals surface area contributed by atoms with Gasteiger partial charge in [-0.3, -0.25) is 14.2 Å². The van der Waals surface area contributed by atoms with Crippen LogP contribution in [0.1, 0.15) is 6.04 Å². The first-order valence-corrected chi connectivity index (χ1v) is 10.4. The summed E-state index contributed by atoms with van der Waals surface area (Å²) >= 11 is 6.73. The molecule has 3 N–H and O–H groups in total. The summed E-state index contributed by atoms with van der Waals surface area (Å²) in [7, 11) is 0. The van der Waals surface area contributed by atoms with Gasteiger partial charge in [0.05, 0.1) is 28.3 Å². The number of aromatic nitrogens is 2. The van der Waals surface area contributed by atoms with E-state index in [2.05, 4.69) is 11.6 Å². The Hall–Kier alpha value is -3.84. The highest BCUT2D eigenvalue weighted by Crippen LogP contribution is 2.42. The fraction of sp³-hybridized carbons (Fsp3) is 0.125. The van der Waals surface area contributed by atoms with E-state index in [1.807, 2.05) is 24.3 Å². The molecule has 1 fully saturated rings. The molecule has 1 amide bonds. The van der Waals surface area contributed by atoms with Gasteiger partial charge in [0.25, 0.3) is 5.56 Å². The van der Waals surface area contributed by atoms with Crippen molar-refractivity contribution in [2.75, 3.05) is 18.8 Å². The number of aromatic hydroxyl groups is 1. The number of halogens is 1. The van der Waals surface area contributed by atoms with Gasteiger partial charge in [-0.25, -0.2) is 4.98 Å². The Morgan fingerprint density at radius 2 is 1.97 bits per heavy atom. The summed E-state index contributed by atoms with van der Waals surface area (Å²) in [4.78, 5) is 30.9. The maximum atomic E-state index is 13.2. The Bertz CT molecular complexity index is 1490. The Balaban J connectivity index is 1.65. The van der Waals surface area contributed by atoms with Crippen LogP contribution in [0.15, 0.2) is 66.2 Å². The SMILES string of the molecule is C=CC(=O)N1CC(n2cnc3c(Cl)c(-c4cc(O)cc5ccccc45)c(N)cc3c2=O)C1. The van der Waals surface area contributed by atoms with E-state index in [0.717, 1.165) is 10.8 Å². The number of amides is 1. The molecule has 2 heterocycles. The van der Waals surface area contributed by atoms with E-state index in [-0.39, 0.29) is 28.3 Å². The van der Waals surface area contributed by atoms with Crippen LogP contribution in [0.2, 0.25) is 5.02 Å². The molecule has 8 heteroatoms. The number of nitrogen functional groups attached to an aromatic ring is 1. The van der Waals surface area contributed by atoms with Crippen molar-refractivity contribution in [3.63, 3.8) is 0 Å². The number of nitrogens with zero attached hydrogens (tertiary/aromatic N) is 3. The monoisotopic (exact) mass is 446 g/mol. The summed E-state index contributed by atoms with van der Waals surface area (Å²) < 4.78 is 1.51. The highest BCUT2D eigenvalue weighted by Gasteiger charge is 2.32. The van der Waals surface area contributed by atoms with Gasteiger partial charge in [0, 0.05) is 24.3 Å². The lowest BCUT2D eigenvalue weighted by Crippen LogP contribution is -2.52. The van der Waals surface area contributed by atoms with Gasteiger partial charge >= 0.3 is 0 Å². The second-order valence-corrected chi connectivity index (χ2v) is 8.20. The van der Waals surface area contributed by atoms with Crippen molar-refractivity contribution in [3.8, 4) is 16.9 Å². The van der Waals surface area contributed by atoms with E-state index in [9.17, 15) is 14.7 Å². The van der Waals surface area contributed by atoms with E-state index >= 15 is 0 Å². The number of phenolic OH excluding ortho intramolecular Hbond substituents is 1. The zero-order valence-electron chi connectivity index (χ0n) is 17.0. The number of nitrogens with two attached hydrogens (primary N) is 1. The number of likely N-dealkylation sites (tertiary alicyclic amines) is 1. The van der Waals surface area contributed by atoms with Gasteiger partial charge in [-0.1, -0.05) is 42.4 Å². The standard InChI is InChI=1S/C24H19ClN4O3/c1-2-20(31)28-10-14(11-28)29-12-27-23-18(24(29)32)9-19(26)21(22(23)25)17-8-15(30)7-13-5-3-4-6-16(13)17/h2-9,12,14,30H,1,10-11,26H2. The Labute approximate surface area is 188 Å². The van der Waals surface area contributed by atoms with Gasteiger partial charge in [-0.2, -0.15) is 0 Å². The Morgan fingerprint density at radius 1 is 1.22 bits per heavy atom. The van der Waals surface area contributed by atoms with E-state index in [4.69, 9.17) is 17.3 Å². The van der Waals surface area contributed by atoms with Crippen molar-refractivity contribution in [2.24, 2.45) is 0 Å². The fourth-order valence-electron chi connectivity index (χ4n) is 4.24. The van der Waals surface area contributed by atoms with Crippen molar-refractivity contribution < 1.29 is 9.90 Å². The van der Waals surface area contributed by atoms with Gasteiger partial charge in [-0.15, -0.1) is 0 Å². The fourth-order valence-corrected chi connectivity index (χ4v) is 4.60. The molecule has 1 aromatic heterocycles. The lowest BCUT2D eigenvalue weighted by molar-refractivity contribution is -0.131. The first kappa shape index (κ1) is 20.1. The van der Waals surface area contributed by atoms with Crippen molar-refractivity contribution >= 4 is 44.9 Å². The van der Waals surface area contributed by atoms with E-state index < -0.39 is 0 Å². The number of rotatable bonds is 3. The molecule has 0 spiro atoms. The second-order valence-electron chi connectivity index (χ2n) is 7.82. The maximum absolute atomic E-state index is 13.2. The maximum Gasteiger partial charge on any atom is 0.261 e. The minimum atomic E-state index is -0.272. The predicted octanol–water partition coefficient (Wildman–Crippen LogP) is 3.73. The van der Waals surface area contributed by atoms with Crippen LogP contribution in [-0.2, 0) is 4.79 Å². The zero-order chi connectivity index (χ0) is 22.6. The second kappa shape index (κ2) is 7.39. The minimum Gasteiger partial charge on any atom is -0.508 e. The number of anilines is 1. The molecule has 1 saturated heterocycles. The number of carbonyl (C=O) groups is 1. The molecular weight excluding hydrogens is 428 g/mol. The summed E-state index contributed by atoms with van der Waals surface area (Å²) in [5.74, 6) is -0.0837. The van der Waals surface area contributed by atoms with Crippen LogP contribution >= 0.6 is 11.6 Å². The van der Waals surface area contributed by atoms with E-state index in [0.29, 0.717) is 40.8 Å². The average Bonchev–Trinajstić information content (AvgIpc) is 2.74. The molecular formula is C24H19ClN4O3. The molecule has 0 atom stereocenters. The molecule has 3 aromatic carbocycles. The van der Waals surface area contributed by atoms with Crippen LogP contribution in [0, 0.1) is 0 Å². The molecule has 0 radical (unpaired) electrons. The van der Waals surface area contributed by atoms with Gasteiger partial charge in [-0.05, 0) is 40.6 Å². The molecule has 160 valence electrons. The number of phenols is 1. The van der Waals surface area contributed by atoms with Crippen LogP contribution in [0.4, 0.5) is 5.69 Å². The molecule has 1 aliphatic rings. The molecule has 5 rings (SSSR count). The molecule has 1 aliphatic heterocycles. The first-order chi connectivity index (χ1) is 15.4. The molecule has 4 aromatic rings. The molecule has 0 unspecified atom stereocenters. The zero-order valence-corrected chi connectivity index (χ0v) is 17.7. The Kier molecular flexibility index (Phi) is 4.64. The van der Waals surface area contributed by atoms with Crippen LogP contribution < -0.4 is 11.3 Å². The van der Waals surface area contributed by atoms with Crippen LogP contribution in [0.25, 0.3) is 32.8 Å². The molecule has 0 saturated carbocycles. The molecule has 0 aliphatic carbocycles. The minimum absolute atomic E-state index is 0.0845. The average molecular weight is 447 g/mol. The van der Waals surface area contributed by atoms with Gasteiger partial charge in [0.15, 0.2) is 0 Å². The lowest BCUT2D eigenvalue weighted by atomic mass is 9.95. The summed E-state index contributed by atoms with van der Waals surface area (Å²) in [5.41, 5.74) is 7.93. The van der Waals surface area contributed by atoms with Crippen molar-refractivity contribution in [3.05, 3.63) is 76.8 Å². The predicted molar refractivity (Wildman–Crippen MR) is 126 cm³/mol. The highest BCUT2D eigenvalue weighted by atomic mass is 35.5. The van der Waals surface area contributed by atoms with Crippen LogP contribution in [-0.4, -0.2) is 38.6 Å². The topological polar surface area (TPSA) is 101 Å². The van der Waals surface area contributed by atoms with E-state index in [1.165, 1.54) is 17.0 Å². The van der Waals surface area contributed by atoms with Gasteiger partial charge in [0.1, 0.15) is 5.75 Å². The quantitative estimate of drug-likeness (QED) is 0.369.